The second-order valence-corrected chi connectivity index (χ2v) is 5.38. The van der Waals surface area contributed by atoms with Gasteiger partial charge in [0.15, 0.2) is 0 Å². The fourth-order valence-electron chi connectivity index (χ4n) is 2.92. The van der Waals surface area contributed by atoms with Gasteiger partial charge in [-0.05, 0) is 33.1 Å². The van der Waals surface area contributed by atoms with Crippen molar-refractivity contribution >= 4 is 5.91 Å². The summed E-state index contributed by atoms with van der Waals surface area (Å²) >= 11 is 0. The summed E-state index contributed by atoms with van der Waals surface area (Å²) in [5, 5.41) is 0. The van der Waals surface area contributed by atoms with Gasteiger partial charge < -0.3 is 10.6 Å². The Morgan fingerprint density at radius 2 is 1.81 bits per heavy atom. The van der Waals surface area contributed by atoms with Crippen LogP contribution >= 0.6 is 0 Å². The van der Waals surface area contributed by atoms with Crippen LogP contribution in [0.2, 0.25) is 0 Å². The van der Waals surface area contributed by atoms with E-state index in [2.05, 4.69) is 23.6 Å². The van der Waals surface area contributed by atoms with Crippen molar-refractivity contribution in [3.63, 3.8) is 0 Å². The number of nitrogens with zero attached hydrogens (tertiary/aromatic N) is 2. The summed E-state index contributed by atoms with van der Waals surface area (Å²) in [7, 11) is 0. The van der Waals surface area contributed by atoms with E-state index in [0.717, 1.165) is 25.9 Å². The Morgan fingerprint density at radius 1 is 1.25 bits per heavy atom. The molecule has 4 heteroatoms. The molecule has 2 rings (SSSR count). The second-order valence-electron chi connectivity index (χ2n) is 5.38. The molecule has 0 radical (unpaired) electrons. The van der Waals surface area contributed by atoms with Crippen LogP contribution in [-0.4, -0.2) is 53.5 Å². The SMILES string of the molecule is CC1CCCC(C)N1C(=O)CN1CC(N)C1. The van der Waals surface area contributed by atoms with Crippen LogP contribution in [0.1, 0.15) is 33.1 Å². The Kier molecular flexibility index (Phi) is 3.50. The topological polar surface area (TPSA) is 49.6 Å². The highest BCUT2D eigenvalue weighted by Gasteiger charge is 2.32. The van der Waals surface area contributed by atoms with Gasteiger partial charge in [0.05, 0.1) is 6.54 Å². The largest absolute Gasteiger partial charge is 0.336 e. The Balaban J connectivity index is 1.87. The summed E-state index contributed by atoms with van der Waals surface area (Å²) in [5.74, 6) is 0.284. The summed E-state index contributed by atoms with van der Waals surface area (Å²) in [6.07, 6.45) is 3.55. The molecule has 0 aromatic rings. The van der Waals surface area contributed by atoms with E-state index in [0.29, 0.717) is 18.6 Å². The first-order valence-electron chi connectivity index (χ1n) is 6.37. The fourth-order valence-corrected chi connectivity index (χ4v) is 2.92. The molecular formula is C12H23N3O. The molecule has 0 spiro atoms. The molecule has 2 atom stereocenters. The molecule has 4 nitrogen and oxygen atoms in total. The van der Waals surface area contributed by atoms with Gasteiger partial charge in [0.2, 0.25) is 5.91 Å². The molecule has 16 heavy (non-hydrogen) atoms. The Labute approximate surface area is 97.8 Å². The zero-order chi connectivity index (χ0) is 11.7. The van der Waals surface area contributed by atoms with Crippen LogP contribution in [0.4, 0.5) is 0 Å². The molecule has 0 bridgehead atoms. The van der Waals surface area contributed by atoms with Crippen molar-refractivity contribution < 1.29 is 4.79 Å². The molecule has 1 amide bonds. The molecule has 0 aliphatic carbocycles. The van der Waals surface area contributed by atoms with Crippen molar-refractivity contribution in [3.05, 3.63) is 0 Å². The van der Waals surface area contributed by atoms with E-state index in [1.807, 2.05) is 0 Å². The van der Waals surface area contributed by atoms with E-state index in [1.54, 1.807) is 0 Å². The highest BCUT2D eigenvalue weighted by molar-refractivity contribution is 5.79. The molecule has 2 N–H and O–H groups in total. The van der Waals surface area contributed by atoms with E-state index in [1.165, 1.54) is 6.42 Å². The number of rotatable bonds is 2. The van der Waals surface area contributed by atoms with E-state index in [9.17, 15) is 4.79 Å². The Bertz CT molecular complexity index is 253. The van der Waals surface area contributed by atoms with Crippen molar-refractivity contribution in [1.29, 1.82) is 0 Å². The van der Waals surface area contributed by atoms with Gasteiger partial charge in [0.25, 0.3) is 0 Å². The number of hydrogen-bond acceptors (Lipinski definition) is 3. The normalized spacial score (nSPS) is 32.6. The molecule has 2 heterocycles. The van der Waals surface area contributed by atoms with Gasteiger partial charge in [-0.2, -0.15) is 0 Å². The second kappa shape index (κ2) is 4.72. The van der Waals surface area contributed by atoms with Crippen LogP contribution in [0, 0.1) is 0 Å². The standard InChI is InChI=1S/C12H23N3O/c1-9-4-3-5-10(2)15(9)12(16)8-14-6-11(13)7-14/h9-11H,3-8,13H2,1-2H3. The maximum Gasteiger partial charge on any atom is 0.237 e. The number of likely N-dealkylation sites (tertiary alicyclic amines) is 2. The lowest BCUT2D eigenvalue weighted by atomic mass is 9.97. The van der Waals surface area contributed by atoms with Gasteiger partial charge in [0.1, 0.15) is 0 Å². The zero-order valence-electron chi connectivity index (χ0n) is 10.4. The summed E-state index contributed by atoms with van der Waals surface area (Å²) in [6, 6.07) is 1.10. The first-order valence-corrected chi connectivity index (χ1v) is 6.37. The van der Waals surface area contributed by atoms with Gasteiger partial charge >= 0.3 is 0 Å². The van der Waals surface area contributed by atoms with E-state index in [4.69, 9.17) is 5.73 Å². The predicted octanol–water partition coefficient (Wildman–Crippen LogP) is 0.419. The Hall–Kier alpha value is -0.610. The predicted molar refractivity (Wildman–Crippen MR) is 64.0 cm³/mol. The van der Waals surface area contributed by atoms with Gasteiger partial charge in [-0.25, -0.2) is 0 Å². The molecule has 2 saturated heterocycles. The zero-order valence-corrected chi connectivity index (χ0v) is 10.4. The number of hydrogen-bond donors (Lipinski definition) is 1. The van der Waals surface area contributed by atoms with Crippen molar-refractivity contribution in [1.82, 2.24) is 9.80 Å². The van der Waals surface area contributed by atoms with Crippen LogP contribution < -0.4 is 5.73 Å². The van der Waals surface area contributed by atoms with Crippen LogP contribution in [0.25, 0.3) is 0 Å². The van der Waals surface area contributed by atoms with Crippen molar-refractivity contribution in [2.75, 3.05) is 19.6 Å². The lowest BCUT2D eigenvalue weighted by Crippen LogP contribution is -2.59. The monoisotopic (exact) mass is 225 g/mol. The number of piperidine rings is 1. The van der Waals surface area contributed by atoms with Gasteiger partial charge in [0, 0.05) is 31.2 Å². The first-order chi connectivity index (χ1) is 7.58. The highest BCUT2D eigenvalue weighted by Crippen LogP contribution is 2.23. The third-order valence-electron chi connectivity index (χ3n) is 3.83. The van der Waals surface area contributed by atoms with Crippen LogP contribution in [0.3, 0.4) is 0 Å². The molecule has 2 unspecified atom stereocenters. The number of nitrogens with two attached hydrogens (primary N) is 1. The molecule has 0 aromatic carbocycles. The first kappa shape index (κ1) is 11.9. The van der Waals surface area contributed by atoms with Gasteiger partial charge in [-0.15, -0.1) is 0 Å². The lowest BCUT2D eigenvalue weighted by Gasteiger charge is -2.42. The maximum atomic E-state index is 12.2. The smallest absolute Gasteiger partial charge is 0.237 e. The quantitative estimate of drug-likeness (QED) is 0.741. The third kappa shape index (κ3) is 2.38. The maximum absolute atomic E-state index is 12.2. The van der Waals surface area contributed by atoms with Crippen molar-refractivity contribution in [2.24, 2.45) is 5.73 Å². The number of carbonyl (C=O) groups is 1. The minimum Gasteiger partial charge on any atom is -0.336 e. The molecule has 0 saturated carbocycles. The third-order valence-corrected chi connectivity index (χ3v) is 3.83. The molecule has 2 aliphatic heterocycles. The molecular weight excluding hydrogens is 202 g/mol. The van der Waals surface area contributed by atoms with E-state index >= 15 is 0 Å². The average molecular weight is 225 g/mol. The summed E-state index contributed by atoms with van der Waals surface area (Å²) < 4.78 is 0. The minimum atomic E-state index is 0.281. The average Bonchev–Trinajstić information content (AvgIpc) is 2.15. The fraction of sp³-hybridized carbons (Fsp3) is 0.917. The number of carbonyl (C=O) groups excluding carboxylic acids is 1. The molecule has 2 fully saturated rings. The van der Waals surface area contributed by atoms with Crippen molar-refractivity contribution in [3.8, 4) is 0 Å². The van der Waals surface area contributed by atoms with Gasteiger partial charge in [-0.3, -0.25) is 9.69 Å². The van der Waals surface area contributed by atoms with Crippen molar-refractivity contribution in [2.45, 2.75) is 51.2 Å². The molecule has 92 valence electrons. The van der Waals surface area contributed by atoms with E-state index in [-0.39, 0.29) is 11.9 Å². The lowest BCUT2D eigenvalue weighted by molar-refractivity contribution is -0.139. The van der Waals surface area contributed by atoms with Crippen LogP contribution in [-0.2, 0) is 4.79 Å². The Morgan fingerprint density at radius 3 is 2.31 bits per heavy atom. The number of amides is 1. The highest BCUT2D eigenvalue weighted by atomic mass is 16.2. The van der Waals surface area contributed by atoms with Gasteiger partial charge in [-0.1, -0.05) is 0 Å². The summed E-state index contributed by atoms with van der Waals surface area (Å²) in [5.41, 5.74) is 5.71. The van der Waals surface area contributed by atoms with Crippen LogP contribution in [0.5, 0.6) is 0 Å². The summed E-state index contributed by atoms with van der Waals surface area (Å²) in [4.78, 5) is 16.4. The minimum absolute atomic E-state index is 0.281. The molecule has 0 aromatic heterocycles. The summed E-state index contributed by atoms with van der Waals surface area (Å²) in [6.45, 7) is 6.64. The molecule has 2 aliphatic rings. The van der Waals surface area contributed by atoms with Crippen LogP contribution in [0.15, 0.2) is 0 Å². The van der Waals surface area contributed by atoms with E-state index < -0.39 is 0 Å².